The molecule has 2 aliphatic carbocycles. The van der Waals surface area contributed by atoms with Gasteiger partial charge in [-0.05, 0) is 69.6 Å². The molecule has 32 heavy (non-hydrogen) atoms. The molecule has 3 fully saturated rings. The van der Waals surface area contributed by atoms with E-state index in [9.17, 15) is 13.2 Å². The Kier molecular flexibility index (Phi) is 7.91. The van der Waals surface area contributed by atoms with Crippen molar-refractivity contribution in [3.63, 3.8) is 0 Å². The van der Waals surface area contributed by atoms with Gasteiger partial charge in [-0.2, -0.15) is 5.26 Å². The van der Waals surface area contributed by atoms with Crippen molar-refractivity contribution in [3.05, 3.63) is 23.2 Å². The van der Waals surface area contributed by atoms with Crippen molar-refractivity contribution in [2.75, 3.05) is 25.1 Å². The van der Waals surface area contributed by atoms with Crippen LogP contribution < -0.4 is 10.2 Å². The second-order valence-corrected chi connectivity index (χ2v) is 11.2. The van der Waals surface area contributed by atoms with Gasteiger partial charge < -0.3 is 20.1 Å². The Hall–Kier alpha value is -2.02. The normalized spacial score (nSPS) is 24.1. The monoisotopic (exact) mass is 483 g/mol. The number of benzene rings is 1. The van der Waals surface area contributed by atoms with Gasteiger partial charge in [-0.15, -0.1) is 0 Å². The van der Waals surface area contributed by atoms with Gasteiger partial charge in [-0.25, -0.2) is 13.2 Å². The highest BCUT2D eigenvalue weighted by Gasteiger charge is 2.44. The SMILES string of the molecule is CO[C@H]1CC[C@H](S(=O)(=O)c2ccc(N3CCCCC3)cc2Cl)C1.N#CC1(NC(=O)O)CC1. The summed E-state index contributed by atoms with van der Waals surface area (Å²) in [5.41, 5.74) is 0.293. The fraction of sp³-hybridized carbons (Fsp3) is 0.636. The number of amides is 1. The first-order chi connectivity index (χ1) is 15.2. The van der Waals surface area contributed by atoms with E-state index < -0.39 is 21.5 Å². The molecule has 10 heteroatoms. The van der Waals surface area contributed by atoms with Crippen LogP contribution in [0.2, 0.25) is 5.02 Å². The first-order valence-electron chi connectivity index (χ1n) is 10.9. The highest BCUT2D eigenvalue weighted by molar-refractivity contribution is 7.92. The number of anilines is 1. The molecule has 1 aromatic carbocycles. The van der Waals surface area contributed by atoms with Crippen LogP contribution in [0.15, 0.2) is 23.1 Å². The number of sulfone groups is 1. The average molecular weight is 484 g/mol. The van der Waals surface area contributed by atoms with Gasteiger partial charge >= 0.3 is 6.09 Å². The smallest absolute Gasteiger partial charge is 0.405 e. The zero-order valence-electron chi connectivity index (χ0n) is 18.2. The Morgan fingerprint density at radius 2 is 1.97 bits per heavy atom. The van der Waals surface area contributed by atoms with Gasteiger partial charge in [0, 0.05) is 25.9 Å². The minimum Gasteiger partial charge on any atom is -0.465 e. The third-order valence-electron chi connectivity index (χ3n) is 6.36. The van der Waals surface area contributed by atoms with Crippen molar-refractivity contribution < 1.29 is 23.1 Å². The third kappa shape index (κ3) is 5.85. The minimum atomic E-state index is -3.39. The summed E-state index contributed by atoms with van der Waals surface area (Å²) >= 11 is 6.34. The summed E-state index contributed by atoms with van der Waals surface area (Å²) in [6.07, 6.45) is 5.84. The highest BCUT2D eigenvalue weighted by atomic mass is 35.5. The number of hydrogen-bond donors (Lipinski definition) is 2. The van der Waals surface area contributed by atoms with Crippen LogP contribution in [0.1, 0.15) is 51.4 Å². The molecule has 3 aliphatic rings. The van der Waals surface area contributed by atoms with Gasteiger partial charge in [-0.3, -0.25) is 0 Å². The summed E-state index contributed by atoms with van der Waals surface area (Å²) in [5, 5.41) is 18.6. The molecule has 1 aromatic rings. The maximum Gasteiger partial charge on any atom is 0.405 e. The Morgan fingerprint density at radius 3 is 2.44 bits per heavy atom. The zero-order valence-corrected chi connectivity index (χ0v) is 19.8. The second kappa shape index (κ2) is 10.3. The number of halogens is 1. The molecule has 0 spiro atoms. The van der Waals surface area contributed by atoms with Crippen LogP contribution >= 0.6 is 11.6 Å². The number of nitrogens with one attached hydrogen (secondary N) is 1. The molecule has 0 aromatic heterocycles. The molecule has 0 radical (unpaired) electrons. The first kappa shape index (κ1) is 24.6. The Morgan fingerprint density at radius 1 is 1.28 bits per heavy atom. The summed E-state index contributed by atoms with van der Waals surface area (Å²) < 4.78 is 31.0. The number of piperidine rings is 1. The van der Waals surface area contributed by atoms with Crippen LogP contribution in [0.4, 0.5) is 10.5 Å². The maximum atomic E-state index is 12.9. The quantitative estimate of drug-likeness (QED) is 0.649. The Balaban J connectivity index is 0.000000269. The number of rotatable bonds is 5. The minimum absolute atomic E-state index is 0.0428. The second-order valence-electron chi connectivity index (χ2n) is 8.62. The predicted octanol–water partition coefficient (Wildman–Crippen LogP) is 3.98. The van der Waals surface area contributed by atoms with Crippen molar-refractivity contribution in [1.82, 2.24) is 5.32 Å². The Bertz CT molecular complexity index is 968. The van der Waals surface area contributed by atoms with Crippen molar-refractivity contribution in [2.45, 2.75) is 73.2 Å². The molecule has 2 atom stereocenters. The van der Waals surface area contributed by atoms with Gasteiger partial charge in [0.1, 0.15) is 5.54 Å². The van der Waals surface area contributed by atoms with E-state index in [0.29, 0.717) is 30.7 Å². The van der Waals surface area contributed by atoms with Crippen molar-refractivity contribution in [2.24, 2.45) is 0 Å². The van der Waals surface area contributed by atoms with E-state index in [4.69, 9.17) is 26.7 Å². The topological polar surface area (TPSA) is 120 Å². The summed E-state index contributed by atoms with van der Waals surface area (Å²) in [4.78, 5) is 12.5. The van der Waals surface area contributed by atoms with E-state index in [0.717, 1.165) is 25.2 Å². The van der Waals surface area contributed by atoms with Crippen molar-refractivity contribution in [3.8, 4) is 6.07 Å². The van der Waals surface area contributed by atoms with E-state index in [-0.39, 0.29) is 16.2 Å². The number of carbonyl (C=O) groups is 1. The van der Waals surface area contributed by atoms with Gasteiger partial charge in [-0.1, -0.05) is 11.6 Å². The summed E-state index contributed by atoms with van der Waals surface area (Å²) in [6, 6.07) is 7.28. The van der Waals surface area contributed by atoms with Gasteiger partial charge in [0.15, 0.2) is 9.84 Å². The molecule has 2 saturated carbocycles. The maximum absolute atomic E-state index is 12.9. The van der Waals surface area contributed by atoms with Gasteiger partial charge in [0.2, 0.25) is 0 Å². The number of nitrogens with zero attached hydrogens (tertiary/aromatic N) is 2. The summed E-state index contributed by atoms with van der Waals surface area (Å²) in [6.45, 7) is 2.03. The molecule has 1 amide bonds. The predicted molar refractivity (Wildman–Crippen MR) is 122 cm³/mol. The number of methoxy groups -OCH3 is 1. The molecule has 0 unspecified atom stereocenters. The van der Waals surface area contributed by atoms with E-state index >= 15 is 0 Å². The summed E-state index contributed by atoms with van der Waals surface area (Å²) in [7, 11) is -1.75. The fourth-order valence-electron chi connectivity index (χ4n) is 4.24. The lowest BCUT2D eigenvalue weighted by Crippen LogP contribution is -2.33. The summed E-state index contributed by atoms with van der Waals surface area (Å²) in [5.74, 6) is 0. The van der Waals surface area contributed by atoms with Gasteiger partial charge in [0.25, 0.3) is 0 Å². The van der Waals surface area contributed by atoms with Crippen LogP contribution in [0.5, 0.6) is 0 Å². The number of nitriles is 1. The van der Waals surface area contributed by atoms with Crippen LogP contribution in [-0.2, 0) is 14.6 Å². The number of ether oxygens (including phenoxy) is 1. The van der Waals surface area contributed by atoms with Crippen LogP contribution in [0, 0.1) is 11.3 Å². The van der Waals surface area contributed by atoms with Crippen LogP contribution in [-0.4, -0.2) is 56.7 Å². The lowest BCUT2D eigenvalue weighted by Gasteiger charge is -2.29. The zero-order chi connectivity index (χ0) is 23.4. The van der Waals surface area contributed by atoms with E-state index in [1.54, 1.807) is 13.2 Å². The Labute approximate surface area is 194 Å². The molecule has 176 valence electrons. The number of carboxylic acid groups (broad SMARTS) is 1. The van der Waals surface area contributed by atoms with Crippen LogP contribution in [0.3, 0.4) is 0 Å². The van der Waals surface area contributed by atoms with Gasteiger partial charge in [0.05, 0.1) is 27.3 Å². The van der Waals surface area contributed by atoms with Crippen molar-refractivity contribution in [1.29, 1.82) is 5.26 Å². The molecule has 2 N–H and O–H groups in total. The molecule has 4 rings (SSSR count). The molecule has 1 saturated heterocycles. The van der Waals surface area contributed by atoms with E-state index in [1.165, 1.54) is 19.3 Å². The molecular formula is C22H30ClN3O5S. The lowest BCUT2D eigenvalue weighted by molar-refractivity contribution is 0.109. The molecular weight excluding hydrogens is 454 g/mol. The standard InChI is InChI=1S/C17H24ClNO3S.C5H6N2O2/c1-22-14-6-7-15(12-14)23(20,21)17-8-5-13(11-16(17)18)19-9-3-2-4-10-19;6-3-5(1-2-5)7-4(8)9/h5,8,11,14-15H,2-4,6-7,9-10,12H2,1H3;7H,1-2H2,(H,8,9)/t14-,15-;/m0./s1. The lowest BCUT2D eigenvalue weighted by atomic mass is 10.1. The molecule has 1 aliphatic heterocycles. The highest BCUT2D eigenvalue weighted by Crippen LogP contribution is 2.36. The fourth-order valence-corrected chi connectivity index (χ4v) is 6.60. The first-order valence-corrected chi connectivity index (χ1v) is 12.9. The molecule has 0 bridgehead atoms. The van der Waals surface area contributed by atoms with Crippen molar-refractivity contribution >= 4 is 33.2 Å². The number of hydrogen-bond acceptors (Lipinski definition) is 6. The third-order valence-corrected chi connectivity index (χ3v) is 9.06. The van der Waals surface area contributed by atoms with Crippen LogP contribution in [0.25, 0.3) is 0 Å². The van der Waals surface area contributed by atoms with E-state index in [1.807, 2.05) is 18.2 Å². The average Bonchev–Trinajstić information content (AvgIpc) is 3.36. The largest absolute Gasteiger partial charge is 0.465 e. The van der Waals surface area contributed by atoms with E-state index in [2.05, 4.69) is 10.2 Å². The molecule has 8 nitrogen and oxygen atoms in total. The molecule has 1 heterocycles.